The van der Waals surface area contributed by atoms with E-state index in [2.05, 4.69) is 13.8 Å². The molecule has 0 unspecified atom stereocenters. The Morgan fingerprint density at radius 1 is 1.18 bits per heavy atom. The molecule has 1 radical (unpaired) electrons. The largest absolute Gasteiger partial charge is 0.403 e. The van der Waals surface area contributed by atoms with Crippen molar-refractivity contribution in [2.45, 2.75) is 45.6 Å². The van der Waals surface area contributed by atoms with Crippen molar-refractivity contribution in [2.75, 3.05) is 6.61 Å². The number of rotatable bonds is 7. The van der Waals surface area contributed by atoms with Crippen molar-refractivity contribution in [2.24, 2.45) is 0 Å². The molecule has 0 amide bonds. The molecular formula is C8H18ClOSi. The summed E-state index contributed by atoms with van der Waals surface area (Å²) in [4.78, 5) is 0. The van der Waals surface area contributed by atoms with Crippen LogP contribution in [0.25, 0.3) is 0 Å². The minimum atomic E-state index is -0.952. The first-order valence-electron chi connectivity index (χ1n) is 4.45. The average Bonchev–Trinajstić information content (AvgIpc) is 2.01. The second kappa shape index (κ2) is 8.56. The molecule has 0 bridgehead atoms. The molecule has 0 saturated heterocycles. The Kier molecular flexibility index (Phi) is 8.93. The molecule has 3 heteroatoms. The van der Waals surface area contributed by atoms with Gasteiger partial charge in [0, 0.05) is 6.61 Å². The molecule has 0 rings (SSSR count). The smallest absolute Gasteiger partial charge is 0.323 e. The third-order valence-electron chi connectivity index (χ3n) is 1.44. The summed E-state index contributed by atoms with van der Waals surface area (Å²) in [5.41, 5.74) is 0. The molecule has 0 aromatic heterocycles. The van der Waals surface area contributed by atoms with Gasteiger partial charge in [0.05, 0.1) is 0 Å². The zero-order valence-corrected chi connectivity index (χ0v) is 9.28. The highest BCUT2D eigenvalue weighted by molar-refractivity contribution is 7.03. The Labute approximate surface area is 76.5 Å². The number of hydrogen-bond acceptors (Lipinski definition) is 1. The molecule has 0 fully saturated rings. The molecule has 0 aliphatic heterocycles. The van der Waals surface area contributed by atoms with Gasteiger partial charge in [-0.2, -0.15) is 0 Å². The Morgan fingerprint density at radius 2 is 1.91 bits per heavy atom. The Hall–Kier alpha value is 0.467. The van der Waals surface area contributed by atoms with Crippen LogP contribution >= 0.6 is 11.1 Å². The van der Waals surface area contributed by atoms with Crippen molar-refractivity contribution in [3.8, 4) is 0 Å². The van der Waals surface area contributed by atoms with Gasteiger partial charge in [-0.1, -0.05) is 33.1 Å². The number of halogens is 1. The van der Waals surface area contributed by atoms with Crippen molar-refractivity contribution >= 4 is 19.4 Å². The fourth-order valence-corrected chi connectivity index (χ4v) is 2.53. The maximum Gasteiger partial charge on any atom is 0.323 e. The average molecular weight is 194 g/mol. The molecule has 0 atom stereocenters. The Bertz CT molecular complexity index is 80.5. The molecule has 0 spiro atoms. The van der Waals surface area contributed by atoms with E-state index < -0.39 is 8.35 Å². The van der Waals surface area contributed by atoms with Crippen LogP contribution in [-0.2, 0) is 4.43 Å². The van der Waals surface area contributed by atoms with Crippen LogP contribution in [0.5, 0.6) is 0 Å². The predicted octanol–water partition coefficient (Wildman–Crippen LogP) is 3.33. The summed E-state index contributed by atoms with van der Waals surface area (Å²) in [5.74, 6) is 0. The van der Waals surface area contributed by atoms with Crippen LogP contribution in [0.1, 0.15) is 39.5 Å². The SMILES string of the molecule is CCCCC[Si](Cl)OCCC. The highest BCUT2D eigenvalue weighted by Gasteiger charge is 2.07. The van der Waals surface area contributed by atoms with Crippen molar-refractivity contribution < 1.29 is 4.43 Å². The van der Waals surface area contributed by atoms with Gasteiger partial charge < -0.3 is 4.43 Å². The first-order chi connectivity index (χ1) is 5.31. The van der Waals surface area contributed by atoms with Crippen LogP contribution in [0.4, 0.5) is 0 Å². The molecule has 11 heavy (non-hydrogen) atoms. The minimum Gasteiger partial charge on any atom is -0.403 e. The molecule has 1 nitrogen and oxygen atoms in total. The molecule has 0 aromatic carbocycles. The van der Waals surface area contributed by atoms with Crippen LogP contribution in [0.3, 0.4) is 0 Å². The molecule has 0 saturated carbocycles. The minimum absolute atomic E-state index is 0.837. The van der Waals surface area contributed by atoms with Gasteiger partial charge in [0.25, 0.3) is 0 Å². The van der Waals surface area contributed by atoms with E-state index >= 15 is 0 Å². The lowest BCUT2D eigenvalue weighted by Gasteiger charge is -2.05. The van der Waals surface area contributed by atoms with E-state index in [1.54, 1.807) is 0 Å². The molecule has 0 aliphatic rings. The summed E-state index contributed by atoms with van der Waals surface area (Å²) in [6.07, 6.45) is 4.86. The summed E-state index contributed by atoms with van der Waals surface area (Å²) in [6.45, 7) is 5.15. The topological polar surface area (TPSA) is 9.23 Å². The first kappa shape index (κ1) is 11.5. The van der Waals surface area contributed by atoms with Gasteiger partial charge >= 0.3 is 8.35 Å². The second-order valence-corrected chi connectivity index (χ2v) is 5.42. The number of hydrogen-bond donors (Lipinski definition) is 0. The van der Waals surface area contributed by atoms with Crippen LogP contribution < -0.4 is 0 Å². The normalized spacial score (nSPS) is 10.9. The van der Waals surface area contributed by atoms with Crippen molar-refractivity contribution in [3.05, 3.63) is 0 Å². The fraction of sp³-hybridized carbons (Fsp3) is 1.00. The molecule has 0 heterocycles. The van der Waals surface area contributed by atoms with Crippen LogP contribution in [0, 0.1) is 0 Å². The highest BCUT2D eigenvalue weighted by Crippen LogP contribution is 2.08. The summed E-state index contributed by atoms with van der Waals surface area (Å²) < 4.78 is 5.40. The quantitative estimate of drug-likeness (QED) is 0.343. The molecular weight excluding hydrogens is 176 g/mol. The van der Waals surface area contributed by atoms with Gasteiger partial charge in [-0.3, -0.25) is 0 Å². The van der Waals surface area contributed by atoms with E-state index in [0.29, 0.717) is 0 Å². The van der Waals surface area contributed by atoms with Gasteiger partial charge in [-0.25, -0.2) is 0 Å². The van der Waals surface area contributed by atoms with Crippen molar-refractivity contribution in [1.29, 1.82) is 0 Å². The van der Waals surface area contributed by atoms with Gasteiger partial charge in [0.1, 0.15) is 0 Å². The molecule has 67 valence electrons. The first-order valence-corrected chi connectivity index (χ1v) is 7.08. The van der Waals surface area contributed by atoms with E-state index in [1.165, 1.54) is 19.3 Å². The van der Waals surface area contributed by atoms with Gasteiger partial charge in [-0.15, -0.1) is 11.1 Å². The summed E-state index contributed by atoms with van der Waals surface area (Å²) in [6, 6.07) is 1.10. The van der Waals surface area contributed by atoms with E-state index in [9.17, 15) is 0 Å². The lowest BCUT2D eigenvalue weighted by molar-refractivity contribution is 0.328. The van der Waals surface area contributed by atoms with Gasteiger partial charge in [-0.05, 0) is 12.5 Å². The highest BCUT2D eigenvalue weighted by atomic mass is 35.6. The number of unbranched alkanes of at least 4 members (excludes halogenated alkanes) is 2. The van der Waals surface area contributed by atoms with Gasteiger partial charge in [0.15, 0.2) is 0 Å². The standard InChI is InChI=1S/C8H18ClOSi/c1-3-5-6-8-11(9)10-7-4-2/h3-8H2,1-2H3. The van der Waals surface area contributed by atoms with Crippen molar-refractivity contribution in [3.63, 3.8) is 0 Å². The zero-order valence-electron chi connectivity index (χ0n) is 7.53. The third-order valence-corrected chi connectivity index (χ3v) is 3.60. The fourth-order valence-electron chi connectivity index (χ4n) is 0.799. The Morgan fingerprint density at radius 3 is 2.45 bits per heavy atom. The molecule has 0 N–H and O–H groups in total. The van der Waals surface area contributed by atoms with Crippen molar-refractivity contribution in [1.82, 2.24) is 0 Å². The monoisotopic (exact) mass is 193 g/mol. The predicted molar refractivity (Wildman–Crippen MR) is 52.2 cm³/mol. The maximum atomic E-state index is 5.97. The third kappa shape index (κ3) is 8.37. The van der Waals surface area contributed by atoms with Crippen LogP contribution in [0.15, 0.2) is 0 Å². The van der Waals surface area contributed by atoms with Crippen LogP contribution in [0.2, 0.25) is 6.04 Å². The summed E-state index contributed by atoms with van der Waals surface area (Å²) >= 11 is 5.97. The van der Waals surface area contributed by atoms with Crippen LogP contribution in [-0.4, -0.2) is 15.0 Å². The van der Waals surface area contributed by atoms with E-state index in [-0.39, 0.29) is 0 Å². The zero-order chi connectivity index (χ0) is 8.53. The summed E-state index contributed by atoms with van der Waals surface area (Å²) in [5, 5.41) is 0. The molecule has 0 aromatic rings. The maximum absolute atomic E-state index is 5.97. The molecule has 0 aliphatic carbocycles. The second-order valence-electron chi connectivity index (χ2n) is 2.66. The summed E-state index contributed by atoms with van der Waals surface area (Å²) in [7, 11) is -0.952. The Balaban J connectivity index is 3.02. The van der Waals surface area contributed by atoms with E-state index in [1.807, 2.05) is 0 Å². The lowest BCUT2D eigenvalue weighted by atomic mass is 10.3. The van der Waals surface area contributed by atoms with E-state index in [4.69, 9.17) is 15.5 Å². The lowest BCUT2D eigenvalue weighted by Crippen LogP contribution is -2.10. The van der Waals surface area contributed by atoms with Gasteiger partial charge in [0.2, 0.25) is 0 Å². The van der Waals surface area contributed by atoms with E-state index in [0.717, 1.165) is 19.1 Å².